The average molecular weight is 466 g/mol. The summed E-state index contributed by atoms with van der Waals surface area (Å²) < 4.78 is 13.6. The zero-order valence-electron chi connectivity index (χ0n) is 20.2. The minimum Gasteiger partial charge on any atom is -0.368 e. The first kappa shape index (κ1) is 23.2. The van der Waals surface area contributed by atoms with Gasteiger partial charge in [0.05, 0.1) is 11.7 Å². The maximum atomic E-state index is 14.0. The molecular weight excluding hydrogens is 429 g/mol. The topological polar surface area (TPSA) is 75.3 Å². The summed E-state index contributed by atoms with van der Waals surface area (Å²) in [5, 5.41) is 0. The van der Waals surface area contributed by atoms with Crippen LogP contribution in [0.25, 0.3) is 11.1 Å². The molecule has 5 rings (SSSR count). The first-order chi connectivity index (χ1) is 16.4. The number of amides is 1. The Kier molecular flexibility index (Phi) is 6.56. The van der Waals surface area contributed by atoms with Crippen molar-refractivity contribution in [1.29, 1.82) is 0 Å². The number of halogens is 1. The van der Waals surface area contributed by atoms with Gasteiger partial charge in [-0.1, -0.05) is 31.9 Å². The summed E-state index contributed by atoms with van der Waals surface area (Å²) >= 11 is 0. The van der Waals surface area contributed by atoms with Gasteiger partial charge in [-0.15, -0.1) is 0 Å². The van der Waals surface area contributed by atoms with Crippen molar-refractivity contribution in [2.75, 3.05) is 25.4 Å². The number of hydrogen-bond donors (Lipinski definition) is 1. The Morgan fingerprint density at radius 1 is 1.03 bits per heavy atom. The molecule has 0 radical (unpaired) electrons. The highest BCUT2D eigenvalue weighted by Gasteiger charge is 2.44. The van der Waals surface area contributed by atoms with Crippen LogP contribution in [0.3, 0.4) is 0 Å². The molecule has 1 aromatic carbocycles. The summed E-state index contributed by atoms with van der Waals surface area (Å²) in [6.07, 6.45) is 11.7. The molecule has 3 aliphatic rings. The van der Waals surface area contributed by atoms with E-state index in [9.17, 15) is 9.18 Å². The normalized spacial score (nSPS) is 23.8. The van der Waals surface area contributed by atoms with Crippen LogP contribution in [0.5, 0.6) is 0 Å². The lowest BCUT2D eigenvalue weighted by Gasteiger charge is -2.46. The highest BCUT2D eigenvalue weighted by Crippen LogP contribution is 2.42. The zero-order valence-corrected chi connectivity index (χ0v) is 20.2. The molecular formula is C27H36FN5O. The molecule has 1 amide bonds. The summed E-state index contributed by atoms with van der Waals surface area (Å²) in [4.78, 5) is 27.6. The van der Waals surface area contributed by atoms with E-state index >= 15 is 0 Å². The molecule has 1 atom stereocenters. The molecule has 1 aliphatic carbocycles. The molecule has 6 nitrogen and oxygen atoms in total. The number of carbonyl (C=O) groups is 1. The Hall–Kier alpha value is -2.54. The summed E-state index contributed by atoms with van der Waals surface area (Å²) in [6.45, 7) is 4.90. The lowest BCUT2D eigenvalue weighted by molar-refractivity contribution is -0.148. The number of hydrogen-bond acceptors (Lipinski definition) is 5. The summed E-state index contributed by atoms with van der Waals surface area (Å²) in [5.74, 6) is 0.161. The van der Waals surface area contributed by atoms with Gasteiger partial charge >= 0.3 is 0 Å². The van der Waals surface area contributed by atoms with Crippen LogP contribution < -0.4 is 5.73 Å². The second-order valence-corrected chi connectivity index (χ2v) is 10.6. The van der Waals surface area contributed by atoms with Gasteiger partial charge in [0.15, 0.2) is 0 Å². The highest BCUT2D eigenvalue weighted by atomic mass is 19.1. The molecule has 0 bridgehead atoms. The van der Waals surface area contributed by atoms with Crippen LogP contribution >= 0.6 is 0 Å². The third-order valence-corrected chi connectivity index (χ3v) is 8.33. The Morgan fingerprint density at radius 2 is 1.71 bits per heavy atom. The molecule has 2 N–H and O–H groups in total. The maximum Gasteiger partial charge on any atom is 0.229 e. The van der Waals surface area contributed by atoms with E-state index in [0.717, 1.165) is 68.6 Å². The number of nitrogen functional groups attached to an aromatic ring is 1. The number of anilines is 1. The van der Waals surface area contributed by atoms with E-state index in [1.807, 2.05) is 0 Å². The second-order valence-electron chi connectivity index (χ2n) is 10.6. The van der Waals surface area contributed by atoms with Gasteiger partial charge in [0.1, 0.15) is 5.82 Å². The Morgan fingerprint density at radius 3 is 2.41 bits per heavy atom. The number of carbonyl (C=O) groups excluding carboxylic acids is 1. The lowest BCUT2D eigenvalue weighted by Crippen LogP contribution is -2.52. The highest BCUT2D eigenvalue weighted by molar-refractivity contribution is 5.83. The Balaban J connectivity index is 1.40. The van der Waals surface area contributed by atoms with Crippen LogP contribution in [0.2, 0.25) is 0 Å². The number of benzene rings is 1. The van der Waals surface area contributed by atoms with E-state index in [1.54, 1.807) is 18.3 Å². The van der Waals surface area contributed by atoms with Crippen LogP contribution in [0.4, 0.5) is 10.3 Å². The molecule has 34 heavy (non-hydrogen) atoms. The molecule has 7 heteroatoms. The predicted molar refractivity (Wildman–Crippen MR) is 131 cm³/mol. The third kappa shape index (κ3) is 4.54. The van der Waals surface area contributed by atoms with Crippen molar-refractivity contribution in [3.8, 4) is 11.1 Å². The molecule has 2 saturated heterocycles. The lowest BCUT2D eigenvalue weighted by atomic mass is 9.77. The van der Waals surface area contributed by atoms with Crippen molar-refractivity contribution < 1.29 is 9.18 Å². The van der Waals surface area contributed by atoms with Gasteiger partial charge in [-0.3, -0.25) is 4.79 Å². The monoisotopic (exact) mass is 465 g/mol. The fourth-order valence-corrected chi connectivity index (χ4v) is 6.19. The Labute approximate surface area is 201 Å². The van der Waals surface area contributed by atoms with E-state index in [-0.39, 0.29) is 29.1 Å². The van der Waals surface area contributed by atoms with Crippen molar-refractivity contribution in [1.82, 2.24) is 19.8 Å². The van der Waals surface area contributed by atoms with Crippen molar-refractivity contribution in [3.63, 3.8) is 0 Å². The van der Waals surface area contributed by atoms with Gasteiger partial charge in [-0.25, -0.2) is 14.4 Å². The van der Waals surface area contributed by atoms with Crippen molar-refractivity contribution in [2.45, 2.75) is 76.8 Å². The van der Waals surface area contributed by atoms with E-state index in [1.165, 1.54) is 37.8 Å². The molecule has 2 aliphatic heterocycles. The molecule has 0 unspecified atom stereocenters. The van der Waals surface area contributed by atoms with Gasteiger partial charge in [-0.05, 0) is 75.7 Å². The van der Waals surface area contributed by atoms with Gasteiger partial charge in [-0.2, -0.15) is 0 Å². The molecule has 182 valence electrons. The average Bonchev–Trinajstić information content (AvgIpc) is 3.40. The van der Waals surface area contributed by atoms with Crippen LogP contribution in [0.1, 0.15) is 76.4 Å². The number of nitrogens with two attached hydrogens (primary N) is 1. The smallest absolute Gasteiger partial charge is 0.229 e. The zero-order chi connectivity index (χ0) is 23.7. The molecule has 3 fully saturated rings. The first-order valence-electron chi connectivity index (χ1n) is 12.9. The van der Waals surface area contributed by atoms with Crippen LogP contribution in [0.15, 0.2) is 30.5 Å². The van der Waals surface area contributed by atoms with E-state index in [4.69, 9.17) is 5.73 Å². The number of aromatic nitrogens is 2. The minimum absolute atomic E-state index is 0.142. The summed E-state index contributed by atoms with van der Waals surface area (Å²) in [6, 6.07) is 6.93. The molecule has 1 saturated carbocycles. The second kappa shape index (κ2) is 9.61. The molecule has 2 aromatic rings. The number of nitrogens with zero attached hydrogens (tertiary/aromatic N) is 4. The van der Waals surface area contributed by atoms with E-state index in [0.29, 0.717) is 6.04 Å². The molecule has 0 spiro atoms. The van der Waals surface area contributed by atoms with Crippen molar-refractivity contribution in [3.05, 3.63) is 42.0 Å². The van der Waals surface area contributed by atoms with Gasteiger partial charge < -0.3 is 15.5 Å². The molecule has 3 heterocycles. The van der Waals surface area contributed by atoms with Crippen molar-refractivity contribution in [2.24, 2.45) is 5.41 Å². The number of likely N-dealkylation sites (tertiary alicyclic amines) is 2. The fourth-order valence-electron chi connectivity index (χ4n) is 6.19. The Bertz CT molecular complexity index is 1010. The number of piperidine rings is 2. The van der Waals surface area contributed by atoms with Crippen LogP contribution in [-0.2, 0) is 4.79 Å². The van der Waals surface area contributed by atoms with E-state index in [2.05, 4.69) is 26.7 Å². The largest absolute Gasteiger partial charge is 0.368 e. The van der Waals surface area contributed by atoms with Gasteiger partial charge in [0.25, 0.3) is 0 Å². The summed E-state index contributed by atoms with van der Waals surface area (Å²) in [5.41, 5.74) is 8.10. The summed E-state index contributed by atoms with van der Waals surface area (Å²) in [7, 11) is 0. The fraction of sp³-hybridized carbons (Fsp3) is 0.593. The van der Waals surface area contributed by atoms with E-state index < -0.39 is 0 Å². The predicted octanol–water partition coefficient (Wildman–Crippen LogP) is 4.96. The van der Waals surface area contributed by atoms with Crippen LogP contribution in [0, 0.1) is 11.2 Å². The quantitative estimate of drug-likeness (QED) is 0.691. The minimum atomic E-state index is -0.348. The van der Waals surface area contributed by atoms with Gasteiger partial charge in [0.2, 0.25) is 11.9 Å². The SMILES string of the molecule is CC1(C(=O)N2CCCC[C@H]2c2nc(N)ncc2-c2ccc(F)cc2)CCN(C2CCCC2)CC1. The van der Waals surface area contributed by atoms with Gasteiger partial charge in [0, 0.05) is 29.8 Å². The standard InChI is InChI=1S/C27H36FN5O/c1-27(13-16-32(17-14-27)21-6-2-3-7-21)25(34)33-15-5-4-8-23(33)24-22(18-30-26(29)31-24)19-9-11-20(28)12-10-19/h9-12,18,21,23H,2-8,13-17H2,1H3,(H2,29,30,31)/t23-/m0/s1. The first-order valence-corrected chi connectivity index (χ1v) is 12.9. The maximum absolute atomic E-state index is 14.0. The third-order valence-electron chi connectivity index (χ3n) is 8.33. The molecule has 1 aromatic heterocycles. The van der Waals surface area contributed by atoms with Crippen LogP contribution in [-0.4, -0.2) is 51.4 Å². The van der Waals surface area contributed by atoms with Crippen molar-refractivity contribution >= 4 is 11.9 Å². The number of rotatable bonds is 4.